The summed E-state index contributed by atoms with van der Waals surface area (Å²) in [4.78, 5) is 14.8. The molecule has 2 aromatic heterocycles. The van der Waals surface area contributed by atoms with Crippen LogP contribution in [0.5, 0.6) is 0 Å². The first kappa shape index (κ1) is 16.4. The van der Waals surface area contributed by atoms with Crippen molar-refractivity contribution in [2.75, 3.05) is 11.9 Å². The largest absolute Gasteiger partial charge is 0.361 e. The topological polar surface area (TPSA) is 76.2 Å². The predicted octanol–water partition coefficient (Wildman–Crippen LogP) is 3.85. The van der Waals surface area contributed by atoms with Gasteiger partial charge in [-0.05, 0) is 38.8 Å². The Morgan fingerprint density at radius 2 is 2.04 bits per heavy atom. The molecule has 1 atom stereocenters. The summed E-state index contributed by atoms with van der Waals surface area (Å²) in [5, 5.41) is 11.4. The number of likely N-dealkylation sites (tertiary alicyclic amines) is 1. The Morgan fingerprint density at radius 1 is 1.23 bits per heavy atom. The number of para-hydroxylation sites is 1. The van der Waals surface area contributed by atoms with Crippen molar-refractivity contribution in [1.82, 2.24) is 19.8 Å². The molecule has 4 rings (SSSR count). The molecule has 134 valence electrons. The fraction of sp³-hybridized carbons (Fsp3) is 0.316. The molecule has 3 aromatic rings. The maximum atomic E-state index is 12.9. The molecule has 1 fully saturated rings. The van der Waals surface area contributed by atoms with Gasteiger partial charge in [0.15, 0.2) is 0 Å². The van der Waals surface area contributed by atoms with Crippen LogP contribution in [-0.4, -0.2) is 32.4 Å². The van der Waals surface area contributed by atoms with Crippen molar-refractivity contribution >= 4 is 11.8 Å². The van der Waals surface area contributed by atoms with Crippen LogP contribution in [0.25, 0.3) is 5.69 Å². The average Bonchev–Trinajstić information content (AvgIpc) is 3.36. The van der Waals surface area contributed by atoms with E-state index in [4.69, 9.17) is 4.52 Å². The third kappa shape index (κ3) is 2.85. The summed E-state index contributed by atoms with van der Waals surface area (Å²) < 4.78 is 7.02. The van der Waals surface area contributed by atoms with Gasteiger partial charge in [0.2, 0.25) is 0 Å². The van der Waals surface area contributed by atoms with Crippen molar-refractivity contribution in [2.45, 2.75) is 32.7 Å². The molecule has 1 saturated heterocycles. The second-order valence-corrected chi connectivity index (χ2v) is 6.48. The summed E-state index contributed by atoms with van der Waals surface area (Å²) >= 11 is 0. The molecule has 2 amide bonds. The highest BCUT2D eigenvalue weighted by Crippen LogP contribution is 2.35. The zero-order valence-corrected chi connectivity index (χ0v) is 14.8. The molecule has 0 saturated carbocycles. The van der Waals surface area contributed by atoms with E-state index in [-0.39, 0.29) is 12.1 Å². The van der Waals surface area contributed by atoms with E-state index in [0.717, 1.165) is 35.5 Å². The van der Waals surface area contributed by atoms with Crippen molar-refractivity contribution in [3.8, 4) is 5.69 Å². The Labute approximate surface area is 151 Å². The van der Waals surface area contributed by atoms with Crippen LogP contribution in [0, 0.1) is 13.8 Å². The normalized spacial score (nSPS) is 16.8. The molecule has 0 spiro atoms. The molecule has 7 heteroatoms. The van der Waals surface area contributed by atoms with E-state index in [2.05, 4.69) is 15.6 Å². The van der Waals surface area contributed by atoms with Gasteiger partial charge < -0.3 is 9.42 Å². The lowest BCUT2D eigenvalue weighted by Crippen LogP contribution is -2.35. The van der Waals surface area contributed by atoms with E-state index in [9.17, 15) is 4.79 Å². The number of amides is 2. The lowest BCUT2D eigenvalue weighted by molar-refractivity contribution is 0.206. The number of benzene rings is 1. The van der Waals surface area contributed by atoms with Gasteiger partial charge in [-0.1, -0.05) is 23.4 Å². The van der Waals surface area contributed by atoms with Crippen molar-refractivity contribution in [1.29, 1.82) is 0 Å². The van der Waals surface area contributed by atoms with E-state index >= 15 is 0 Å². The van der Waals surface area contributed by atoms with E-state index < -0.39 is 0 Å². The first-order valence-corrected chi connectivity index (χ1v) is 8.75. The van der Waals surface area contributed by atoms with Crippen molar-refractivity contribution in [3.63, 3.8) is 0 Å². The van der Waals surface area contributed by atoms with Gasteiger partial charge in [-0.25, -0.2) is 9.48 Å². The van der Waals surface area contributed by atoms with Crippen LogP contribution in [0.4, 0.5) is 10.6 Å². The molecule has 1 N–H and O–H groups in total. The first-order chi connectivity index (χ1) is 12.6. The maximum absolute atomic E-state index is 12.9. The van der Waals surface area contributed by atoms with Gasteiger partial charge in [-0.2, -0.15) is 5.10 Å². The summed E-state index contributed by atoms with van der Waals surface area (Å²) in [6.45, 7) is 4.53. The van der Waals surface area contributed by atoms with E-state index in [1.165, 1.54) is 0 Å². The average molecular weight is 351 g/mol. The number of carbonyl (C=O) groups is 1. The maximum Gasteiger partial charge on any atom is 0.323 e. The molecule has 0 unspecified atom stereocenters. The predicted molar refractivity (Wildman–Crippen MR) is 97.2 cm³/mol. The van der Waals surface area contributed by atoms with Crippen LogP contribution in [0.15, 0.2) is 47.1 Å². The summed E-state index contributed by atoms with van der Waals surface area (Å²) in [6, 6.07) is 11.4. The van der Waals surface area contributed by atoms with Crippen LogP contribution in [0.1, 0.15) is 35.9 Å². The first-order valence-electron chi connectivity index (χ1n) is 8.75. The molecular formula is C19H21N5O2. The summed E-state index contributed by atoms with van der Waals surface area (Å²) in [5.41, 5.74) is 2.77. The number of hydrogen-bond acceptors (Lipinski definition) is 4. The quantitative estimate of drug-likeness (QED) is 0.778. The second kappa shape index (κ2) is 6.67. The second-order valence-electron chi connectivity index (χ2n) is 6.48. The van der Waals surface area contributed by atoms with Crippen LogP contribution < -0.4 is 5.32 Å². The third-order valence-corrected chi connectivity index (χ3v) is 4.81. The van der Waals surface area contributed by atoms with Crippen molar-refractivity contribution < 1.29 is 9.32 Å². The molecule has 7 nitrogen and oxygen atoms in total. The van der Waals surface area contributed by atoms with Crippen LogP contribution in [0.2, 0.25) is 0 Å². The summed E-state index contributed by atoms with van der Waals surface area (Å²) in [6.07, 6.45) is 3.55. The molecule has 26 heavy (non-hydrogen) atoms. The lowest BCUT2D eigenvalue weighted by atomic mass is 10.0. The van der Waals surface area contributed by atoms with Crippen LogP contribution in [-0.2, 0) is 0 Å². The number of aryl methyl sites for hydroxylation is 2. The number of anilines is 1. The molecule has 0 aliphatic carbocycles. The van der Waals surface area contributed by atoms with Crippen molar-refractivity contribution in [2.24, 2.45) is 0 Å². The van der Waals surface area contributed by atoms with Gasteiger partial charge in [-0.15, -0.1) is 0 Å². The van der Waals surface area contributed by atoms with Gasteiger partial charge >= 0.3 is 6.03 Å². The van der Waals surface area contributed by atoms with Gasteiger partial charge in [0.25, 0.3) is 0 Å². The molecule has 1 aliphatic rings. The van der Waals surface area contributed by atoms with Gasteiger partial charge in [-0.3, -0.25) is 5.32 Å². The fourth-order valence-corrected chi connectivity index (χ4v) is 3.63. The SMILES string of the molecule is Cc1noc(C)c1[C@@H]1CCCN1C(=O)Nc1ccnn1-c1ccccc1. The molecule has 1 aliphatic heterocycles. The minimum atomic E-state index is -0.134. The van der Waals surface area contributed by atoms with Crippen LogP contribution >= 0.6 is 0 Å². The smallest absolute Gasteiger partial charge is 0.323 e. The monoisotopic (exact) mass is 351 g/mol. The number of rotatable bonds is 3. The Kier molecular flexibility index (Phi) is 4.20. The highest BCUT2D eigenvalue weighted by Gasteiger charge is 2.34. The zero-order valence-electron chi connectivity index (χ0n) is 14.8. The number of carbonyl (C=O) groups excluding carboxylic acids is 1. The Morgan fingerprint density at radius 3 is 2.77 bits per heavy atom. The van der Waals surface area contributed by atoms with Gasteiger partial charge in [0, 0.05) is 18.2 Å². The number of nitrogens with one attached hydrogen (secondary N) is 1. The summed E-state index contributed by atoms with van der Waals surface area (Å²) in [5.74, 6) is 1.42. The minimum absolute atomic E-state index is 0.00523. The number of urea groups is 1. The number of nitrogens with zero attached hydrogens (tertiary/aromatic N) is 4. The van der Waals surface area contributed by atoms with E-state index in [0.29, 0.717) is 12.4 Å². The van der Waals surface area contributed by atoms with E-state index in [1.807, 2.05) is 49.1 Å². The number of aromatic nitrogens is 3. The summed E-state index contributed by atoms with van der Waals surface area (Å²) in [7, 11) is 0. The minimum Gasteiger partial charge on any atom is -0.361 e. The number of hydrogen-bond donors (Lipinski definition) is 1. The van der Waals surface area contributed by atoms with Crippen LogP contribution in [0.3, 0.4) is 0 Å². The molecular weight excluding hydrogens is 330 g/mol. The highest BCUT2D eigenvalue weighted by molar-refractivity contribution is 5.89. The highest BCUT2D eigenvalue weighted by atomic mass is 16.5. The molecule has 0 bridgehead atoms. The van der Waals surface area contributed by atoms with Gasteiger partial charge in [0.05, 0.1) is 23.6 Å². The fourth-order valence-electron chi connectivity index (χ4n) is 3.63. The Balaban J connectivity index is 1.57. The Bertz CT molecular complexity index is 896. The standard InChI is InChI=1S/C19H21N5O2/c1-13-18(14(2)26-22-13)16-9-6-12-23(16)19(25)21-17-10-11-20-24(17)15-7-4-3-5-8-15/h3-5,7-8,10-11,16H,6,9,12H2,1-2H3,(H,21,25)/t16-/m0/s1. The Hall–Kier alpha value is -3.09. The third-order valence-electron chi connectivity index (χ3n) is 4.81. The van der Waals surface area contributed by atoms with Crippen molar-refractivity contribution in [3.05, 3.63) is 59.6 Å². The molecule has 0 radical (unpaired) electrons. The van der Waals surface area contributed by atoms with E-state index in [1.54, 1.807) is 16.9 Å². The zero-order chi connectivity index (χ0) is 18.1. The van der Waals surface area contributed by atoms with Gasteiger partial charge in [0.1, 0.15) is 11.6 Å². The molecule has 1 aromatic carbocycles. The molecule has 3 heterocycles. The lowest BCUT2D eigenvalue weighted by Gasteiger charge is -2.25.